The lowest BCUT2D eigenvalue weighted by Crippen LogP contribution is -2.19. The van der Waals surface area contributed by atoms with Crippen molar-refractivity contribution in [1.82, 2.24) is 0 Å². The maximum Gasteiger partial charge on any atom is 0.313 e. The zero-order chi connectivity index (χ0) is 43.4. The molecule has 5 aromatic carbocycles. The third-order valence-corrected chi connectivity index (χ3v) is 8.98. The number of hydrazone groups is 1. The van der Waals surface area contributed by atoms with Gasteiger partial charge in [0.25, 0.3) is 5.91 Å². The maximum atomic E-state index is 12.4. The Hall–Kier alpha value is -6.86. The van der Waals surface area contributed by atoms with Gasteiger partial charge in [0.15, 0.2) is 37.7 Å². The van der Waals surface area contributed by atoms with E-state index in [9.17, 15) is 14.4 Å². The van der Waals surface area contributed by atoms with E-state index >= 15 is 0 Å². The van der Waals surface area contributed by atoms with Gasteiger partial charge in [-0.25, -0.2) is 5.01 Å². The first-order valence-electron chi connectivity index (χ1n) is 19.5. The number of aryl methyl sites for hydroxylation is 1. The summed E-state index contributed by atoms with van der Waals surface area (Å²) in [6.45, 7) is 4.41. The summed E-state index contributed by atoms with van der Waals surface area (Å²) in [6, 6.07) is 36.1. The highest BCUT2D eigenvalue weighted by molar-refractivity contribution is 6.19. The summed E-state index contributed by atoms with van der Waals surface area (Å²) in [4.78, 5) is 35.9. The fraction of sp³-hybridized carbons (Fsp3) is 0.224. The minimum atomic E-state index is -0.502. The van der Waals surface area contributed by atoms with Crippen molar-refractivity contribution in [2.75, 3.05) is 53.3 Å². The Morgan fingerprint density at radius 2 is 1.16 bits per heavy atom. The summed E-state index contributed by atoms with van der Waals surface area (Å²) in [6.07, 6.45) is 7.96. The van der Waals surface area contributed by atoms with Crippen molar-refractivity contribution in [1.29, 1.82) is 0 Å². The van der Waals surface area contributed by atoms with Gasteiger partial charge in [-0.15, -0.1) is 0 Å². The van der Waals surface area contributed by atoms with Gasteiger partial charge in [0.1, 0.15) is 12.2 Å². The highest BCUT2D eigenvalue weighted by Gasteiger charge is 2.26. The van der Waals surface area contributed by atoms with E-state index in [2.05, 4.69) is 5.10 Å². The molecular formula is C49H50N2O10. The van der Waals surface area contributed by atoms with Crippen molar-refractivity contribution < 1.29 is 47.5 Å². The molecule has 0 spiro atoms. The number of ketones is 1. The number of benzene rings is 5. The molecule has 6 rings (SSSR count). The first kappa shape index (κ1) is 45.2. The van der Waals surface area contributed by atoms with Gasteiger partial charge in [-0.1, -0.05) is 109 Å². The second-order valence-electron chi connectivity index (χ2n) is 13.5. The molecule has 1 amide bonds. The van der Waals surface area contributed by atoms with Crippen LogP contribution in [0.3, 0.4) is 0 Å². The first-order valence-corrected chi connectivity index (χ1v) is 19.5. The molecule has 0 aliphatic carbocycles. The second kappa shape index (κ2) is 23.7. The van der Waals surface area contributed by atoms with Crippen molar-refractivity contribution in [2.45, 2.75) is 26.7 Å². The minimum absolute atomic E-state index is 0.0328. The van der Waals surface area contributed by atoms with Crippen molar-refractivity contribution in [3.05, 3.63) is 154 Å². The topological polar surface area (TPSA) is 131 Å². The normalized spacial score (nSPS) is 12.2. The molecule has 0 fully saturated rings. The number of para-hydroxylation sites is 1. The predicted molar refractivity (Wildman–Crippen MR) is 237 cm³/mol. The number of nitrogens with zero attached hydrogens (tertiary/aromatic N) is 2. The molecule has 5 aromatic rings. The highest BCUT2D eigenvalue weighted by atomic mass is 16.7. The molecular weight excluding hydrogens is 777 g/mol. The molecule has 0 bridgehead atoms. The van der Waals surface area contributed by atoms with Crippen molar-refractivity contribution in [3.8, 4) is 17.2 Å². The summed E-state index contributed by atoms with van der Waals surface area (Å²) >= 11 is 0. The van der Waals surface area contributed by atoms with Gasteiger partial charge in [-0.05, 0) is 77.6 Å². The molecule has 0 radical (unpaired) electrons. The number of hydrogen-bond acceptors (Lipinski definition) is 11. The molecule has 61 heavy (non-hydrogen) atoms. The number of ether oxygens (including phenoxy) is 7. The van der Waals surface area contributed by atoms with Crippen LogP contribution in [0.2, 0.25) is 0 Å². The van der Waals surface area contributed by atoms with Gasteiger partial charge in [0.2, 0.25) is 0 Å². The molecule has 12 nitrogen and oxygen atoms in total. The summed E-state index contributed by atoms with van der Waals surface area (Å²) in [5.74, 6) is 1.15. The van der Waals surface area contributed by atoms with Crippen LogP contribution in [-0.2, 0) is 28.5 Å². The third kappa shape index (κ3) is 13.9. The SMILES string of the molecule is CCOC(=O)CC(=O)c1ccc(C=Cc2ccc(C)c(OCOC)c2)cc1.COCOc1ccc(C=Cc2ccc(C3=NN(c4ccccc4)C(=O)C3)cc2)cc1OCOC. The number of methoxy groups -OCH3 is 3. The molecule has 0 atom stereocenters. The molecule has 0 N–H and O–H groups in total. The average Bonchev–Trinajstić information content (AvgIpc) is 3.68. The fourth-order valence-corrected chi connectivity index (χ4v) is 5.86. The van der Waals surface area contributed by atoms with Gasteiger partial charge in [0.05, 0.1) is 24.4 Å². The molecule has 0 unspecified atom stereocenters. The van der Waals surface area contributed by atoms with Crippen LogP contribution in [0.15, 0.2) is 120 Å². The molecule has 0 aromatic heterocycles. The number of hydrogen-bond donors (Lipinski definition) is 0. The van der Waals surface area contributed by atoms with Crippen LogP contribution in [0.25, 0.3) is 24.3 Å². The number of anilines is 1. The van der Waals surface area contributed by atoms with E-state index < -0.39 is 5.97 Å². The van der Waals surface area contributed by atoms with Crippen LogP contribution in [0.1, 0.15) is 63.5 Å². The summed E-state index contributed by atoms with van der Waals surface area (Å²) in [5.41, 5.74) is 7.90. The number of carbonyl (C=O) groups is 3. The Morgan fingerprint density at radius 1 is 0.639 bits per heavy atom. The van der Waals surface area contributed by atoms with Crippen LogP contribution in [-0.4, -0.2) is 71.7 Å². The van der Waals surface area contributed by atoms with Gasteiger partial charge >= 0.3 is 5.97 Å². The van der Waals surface area contributed by atoms with Crippen molar-refractivity contribution in [2.24, 2.45) is 5.10 Å². The predicted octanol–water partition coefficient (Wildman–Crippen LogP) is 9.25. The van der Waals surface area contributed by atoms with E-state index in [0.29, 0.717) is 17.1 Å². The van der Waals surface area contributed by atoms with E-state index in [1.54, 1.807) is 40.4 Å². The van der Waals surface area contributed by atoms with E-state index in [0.717, 1.165) is 50.5 Å². The van der Waals surface area contributed by atoms with Crippen LogP contribution in [0.4, 0.5) is 5.69 Å². The number of carbonyl (C=O) groups excluding carboxylic acids is 3. The Morgan fingerprint density at radius 3 is 1.77 bits per heavy atom. The van der Waals surface area contributed by atoms with Crippen molar-refractivity contribution >= 4 is 53.4 Å². The summed E-state index contributed by atoms with van der Waals surface area (Å²) in [7, 11) is 4.71. The van der Waals surface area contributed by atoms with E-state index in [-0.39, 0.29) is 51.5 Å². The number of esters is 1. The number of amides is 1. The lowest BCUT2D eigenvalue weighted by atomic mass is 10.0. The smallest absolute Gasteiger partial charge is 0.313 e. The Kier molecular flexibility index (Phi) is 17.5. The van der Waals surface area contributed by atoms with Gasteiger partial charge in [0, 0.05) is 26.9 Å². The Balaban J connectivity index is 0.000000238. The average molecular weight is 827 g/mol. The van der Waals surface area contributed by atoms with Crippen LogP contribution >= 0.6 is 0 Å². The molecule has 316 valence electrons. The number of Topliss-reactive ketones (excluding diaryl/α,β-unsaturated/α-hetero) is 1. The van der Waals surface area contributed by atoms with Gasteiger partial charge in [-0.2, -0.15) is 5.10 Å². The molecule has 12 heteroatoms. The van der Waals surface area contributed by atoms with Crippen LogP contribution in [0, 0.1) is 6.92 Å². The molecule has 1 aliphatic rings. The van der Waals surface area contributed by atoms with E-state index in [1.807, 2.05) is 134 Å². The standard InChI is InChI=1S/C27H26N2O5.C22H24O5/c1-31-18-33-25-15-12-21(16-26(25)34-19-32-2)9-8-20-10-13-22(14-11-20)24-17-27(30)29(28-24)23-6-4-3-5-7-23;1-4-26-22(24)14-20(23)19-11-9-17(10-12-19)7-8-18-6-5-16(2)21(13-18)27-15-25-3/h3-16H,17-19H2,1-2H3;5-13H,4,14-15H2,1-3H3. The fourth-order valence-electron chi connectivity index (χ4n) is 5.86. The highest BCUT2D eigenvalue weighted by Crippen LogP contribution is 2.30. The zero-order valence-corrected chi connectivity index (χ0v) is 35.0. The van der Waals surface area contributed by atoms with Gasteiger partial charge in [-0.3, -0.25) is 14.4 Å². The largest absolute Gasteiger partial charge is 0.467 e. The molecule has 0 saturated carbocycles. The van der Waals surface area contributed by atoms with Crippen LogP contribution < -0.4 is 19.2 Å². The molecule has 0 saturated heterocycles. The maximum absolute atomic E-state index is 12.4. The van der Waals surface area contributed by atoms with Crippen LogP contribution in [0.5, 0.6) is 17.2 Å². The second-order valence-corrected chi connectivity index (χ2v) is 13.5. The van der Waals surface area contributed by atoms with E-state index in [4.69, 9.17) is 33.2 Å². The summed E-state index contributed by atoms with van der Waals surface area (Å²) < 4.78 is 36.4. The summed E-state index contributed by atoms with van der Waals surface area (Å²) in [5, 5.41) is 6.00. The quantitative estimate of drug-likeness (QED) is 0.0261. The number of rotatable bonds is 19. The van der Waals surface area contributed by atoms with Gasteiger partial charge < -0.3 is 33.2 Å². The Bertz CT molecular complexity index is 2300. The lowest BCUT2D eigenvalue weighted by Gasteiger charge is -2.12. The van der Waals surface area contributed by atoms with E-state index in [1.165, 1.54) is 5.01 Å². The minimum Gasteiger partial charge on any atom is -0.467 e. The van der Waals surface area contributed by atoms with Crippen molar-refractivity contribution in [3.63, 3.8) is 0 Å². The molecule has 1 aliphatic heterocycles. The monoisotopic (exact) mass is 826 g/mol. The zero-order valence-electron chi connectivity index (χ0n) is 35.0. The first-order chi connectivity index (χ1) is 29.7. The molecule has 1 heterocycles. The lowest BCUT2D eigenvalue weighted by molar-refractivity contribution is -0.142. The Labute approximate surface area is 356 Å². The third-order valence-electron chi connectivity index (χ3n) is 8.98.